The van der Waals surface area contributed by atoms with E-state index < -0.39 is 0 Å². The minimum absolute atomic E-state index is 0.270. The Kier molecular flexibility index (Phi) is 3.91. The van der Waals surface area contributed by atoms with E-state index in [9.17, 15) is 4.79 Å². The molecule has 0 aromatic heterocycles. The Bertz CT molecular complexity index is 177. The van der Waals surface area contributed by atoms with Gasteiger partial charge in [0.05, 0.1) is 0 Å². The smallest absolute Gasteiger partial charge is 0.161 e. The van der Waals surface area contributed by atoms with E-state index in [1.54, 1.807) is 7.11 Å². The van der Waals surface area contributed by atoms with Crippen LogP contribution in [0.3, 0.4) is 0 Å². The molecule has 0 saturated heterocycles. The van der Waals surface area contributed by atoms with Crippen molar-refractivity contribution in [1.82, 2.24) is 0 Å². The van der Waals surface area contributed by atoms with Crippen LogP contribution in [0.1, 0.15) is 33.1 Å². The van der Waals surface area contributed by atoms with E-state index in [2.05, 4.69) is 13.8 Å². The summed E-state index contributed by atoms with van der Waals surface area (Å²) in [4.78, 5) is 11.5. The molecule has 0 aromatic rings. The molecule has 0 N–H and O–H groups in total. The van der Waals surface area contributed by atoms with Crippen LogP contribution in [0.15, 0.2) is 0 Å². The SMILES string of the molecule is COCC(=O)C1CCC(C)C(C)C1. The standard InChI is InChI=1S/C11H20O2/c1-8-4-5-10(6-9(8)2)11(12)7-13-3/h8-10H,4-7H2,1-3H3. The number of carbonyl (C=O) groups is 1. The average Bonchev–Trinajstić information content (AvgIpc) is 2.10. The second kappa shape index (κ2) is 4.75. The minimum atomic E-state index is 0.270. The van der Waals surface area contributed by atoms with Gasteiger partial charge in [-0.05, 0) is 31.1 Å². The molecule has 0 amide bonds. The van der Waals surface area contributed by atoms with Gasteiger partial charge in [0.25, 0.3) is 0 Å². The maximum atomic E-state index is 11.5. The van der Waals surface area contributed by atoms with Gasteiger partial charge < -0.3 is 4.74 Å². The van der Waals surface area contributed by atoms with E-state index in [0.29, 0.717) is 18.3 Å². The van der Waals surface area contributed by atoms with E-state index in [0.717, 1.165) is 18.8 Å². The van der Waals surface area contributed by atoms with E-state index in [4.69, 9.17) is 4.74 Å². The van der Waals surface area contributed by atoms with Gasteiger partial charge in [-0.3, -0.25) is 4.79 Å². The molecule has 0 radical (unpaired) electrons. The van der Waals surface area contributed by atoms with E-state index in [1.165, 1.54) is 6.42 Å². The highest BCUT2D eigenvalue weighted by atomic mass is 16.5. The van der Waals surface area contributed by atoms with Crippen LogP contribution in [0.4, 0.5) is 0 Å². The Morgan fingerprint density at radius 2 is 2.00 bits per heavy atom. The van der Waals surface area contributed by atoms with Crippen molar-refractivity contribution in [2.45, 2.75) is 33.1 Å². The number of hydrogen-bond acceptors (Lipinski definition) is 2. The lowest BCUT2D eigenvalue weighted by molar-refractivity contribution is -0.128. The zero-order valence-corrected chi connectivity index (χ0v) is 8.88. The first kappa shape index (κ1) is 10.7. The predicted octanol–water partition coefficient (Wildman–Crippen LogP) is 2.27. The summed E-state index contributed by atoms with van der Waals surface area (Å²) in [6, 6.07) is 0. The van der Waals surface area contributed by atoms with Gasteiger partial charge in [-0.25, -0.2) is 0 Å². The van der Waals surface area contributed by atoms with Gasteiger partial charge in [-0.1, -0.05) is 13.8 Å². The Morgan fingerprint density at radius 3 is 2.54 bits per heavy atom. The Labute approximate surface area is 80.7 Å². The van der Waals surface area contributed by atoms with Crippen molar-refractivity contribution in [3.63, 3.8) is 0 Å². The third kappa shape index (κ3) is 2.80. The van der Waals surface area contributed by atoms with Gasteiger partial charge in [0, 0.05) is 13.0 Å². The molecule has 0 spiro atoms. The van der Waals surface area contributed by atoms with Crippen molar-refractivity contribution in [3.05, 3.63) is 0 Å². The minimum Gasteiger partial charge on any atom is -0.377 e. The van der Waals surface area contributed by atoms with Crippen LogP contribution in [0.5, 0.6) is 0 Å². The Morgan fingerprint density at radius 1 is 1.31 bits per heavy atom. The van der Waals surface area contributed by atoms with Gasteiger partial charge in [-0.15, -0.1) is 0 Å². The van der Waals surface area contributed by atoms with Crippen molar-refractivity contribution < 1.29 is 9.53 Å². The molecule has 2 heteroatoms. The lowest BCUT2D eigenvalue weighted by Gasteiger charge is -2.30. The average molecular weight is 184 g/mol. The van der Waals surface area contributed by atoms with Crippen LogP contribution in [0, 0.1) is 17.8 Å². The second-order valence-electron chi connectivity index (χ2n) is 4.36. The molecule has 1 aliphatic carbocycles. The molecule has 1 fully saturated rings. The van der Waals surface area contributed by atoms with Gasteiger partial charge in [0.1, 0.15) is 6.61 Å². The van der Waals surface area contributed by atoms with E-state index >= 15 is 0 Å². The number of ether oxygens (including phenoxy) is 1. The van der Waals surface area contributed by atoms with Crippen molar-refractivity contribution in [3.8, 4) is 0 Å². The highest BCUT2D eigenvalue weighted by Crippen LogP contribution is 2.33. The van der Waals surface area contributed by atoms with Gasteiger partial charge >= 0.3 is 0 Å². The number of rotatable bonds is 3. The fourth-order valence-electron chi connectivity index (χ4n) is 2.10. The van der Waals surface area contributed by atoms with Crippen LogP contribution < -0.4 is 0 Å². The van der Waals surface area contributed by atoms with Crippen molar-refractivity contribution in [2.75, 3.05) is 13.7 Å². The fourth-order valence-corrected chi connectivity index (χ4v) is 2.10. The first-order chi connectivity index (χ1) is 6.15. The molecule has 0 aliphatic heterocycles. The van der Waals surface area contributed by atoms with Crippen LogP contribution in [-0.4, -0.2) is 19.5 Å². The lowest BCUT2D eigenvalue weighted by atomic mass is 9.74. The molecule has 0 bridgehead atoms. The number of methoxy groups -OCH3 is 1. The molecule has 0 heterocycles. The van der Waals surface area contributed by atoms with Gasteiger partial charge in [0.15, 0.2) is 5.78 Å². The number of ketones is 1. The molecule has 13 heavy (non-hydrogen) atoms. The summed E-state index contributed by atoms with van der Waals surface area (Å²) in [5.41, 5.74) is 0. The molecule has 76 valence electrons. The molecule has 1 aliphatic rings. The summed E-state index contributed by atoms with van der Waals surface area (Å²) >= 11 is 0. The first-order valence-corrected chi connectivity index (χ1v) is 5.16. The molecular weight excluding hydrogens is 164 g/mol. The van der Waals surface area contributed by atoms with E-state index in [-0.39, 0.29) is 5.92 Å². The highest BCUT2D eigenvalue weighted by molar-refractivity contribution is 5.82. The van der Waals surface area contributed by atoms with Crippen molar-refractivity contribution in [2.24, 2.45) is 17.8 Å². The zero-order chi connectivity index (χ0) is 9.84. The maximum absolute atomic E-state index is 11.5. The third-order valence-electron chi connectivity index (χ3n) is 3.34. The third-order valence-corrected chi connectivity index (χ3v) is 3.34. The molecular formula is C11H20O2. The molecule has 2 nitrogen and oxygen atoms in total. The van der Waals surface area contributed by atoms with Crippen LogP contribution in [0.2, 0.25) is 0 Å². The van der Waals surface area contributed by atoms with Crippen LogP contribution in [-0.2, 0) is 9.53 Å². The number of Topliss-reactive ketones (excluding diaryl/α,β-unsaturated/α-hetero) is 1. The number of carbonyl (C=O) groups excluding carboxylic acids is 1. The molecule has 1 saturated carbocycles. The van der Waals surface area contributed by atoms with Crippen LogP contribution in [0.25, 0.3) is 0 Å². The van der Waals surface area contributed by atoms with Crippen LogP contribution >= 0.6 is 0 Å². The topological polar surface area (TPSA) is 26.3 Å². The Hall–Kier alpha value is -0.370. The summed E-state index contributed by atoms with van der Waals surface area (Å²) in [5.74, 6) is 2.04. The maximum Gasteiger partial charge on any atom is 0.161 e. The number of hydrogen-bond donors (Lipinski definition) is 0. The normalized spacial score (nSPS) is 34.5. The lowest BCUT2D eigenvalue weighted by Crippen LogP contribution is -2.28. The molecule has 3 unspecified atom stereocenters. The monoisotopic (exact) mass is 184 g/mol. The molecule has 3 atom stereocenters. The van der Waals surface area contributed by atoms with E-state index in [1.807, 2.05) is 0 Å². The predicted molar refractivity (Wildman–Crippen MR) is 52.6 cm³/mol. The largest absolute Gasteiger partial charge is 0.377 e. The van der Waals surface area contributed by atoms with Gasteiger partial charge in [-0.2, -0.15) is 0 Å². The Balaban J connectivity index is 2.40. The molecule has 1 rings (SSSR count). The summed E-state index contributed by atoms with van der Waals surface area (Å²) in [6.07, 6.45) is 3.32. The van der Waals surface area contributed by atoms with Gasteiger partial charge in [0.2, 0.25) is 0 Å². The van der Waals surface area contributed by atoms with Crippen molar-refractivity contribution in [1.29, 1.82) is 0 Å². The second-order valence-corrected chi connectivity index (χ2v) is 4.36. The first-order valence-electron chi connectivity index (χ1n) is 5.16. The molecule has 0 aromatic carbocycles. The summed E-state index contributed by atoms with van der Waals surface area (Å²) in [6.45, 7) is 4.82. The fraction of sp³-hybridized carbons (Fsp3) is 0.909. The highest BCUT2D eigenvalue weighted by Gasteiger charge is 2.28. The van der Waals surface area contributed by atoms with Crippen molar-refractivity contribution >= 4 is 5.78 Å². The summed E-state index contributed by atoms with van der Waals surface area (Å²) in [5, 5.41) is 0. The quantitative estimate of drug-likeness (QED) is 0.672. The summed E-state index contributed by atoms with van der Waals surface area (Å²) in [7, 11) is 1.59. The zero-order valence-electron chi connectivity index (χ0n) is 8.88. The summed E-state index contributed by atoms with van der Waals surface area (Å²) < 4.78 is 4.87.